The highest BCUT2D eigenvalue weighted by Gasteiger charge is 2.15. The summed E-state index contributed by atoms with van der Waals surface area (Å²) in [6, 6.07) is -0.446. The molecule has 20 heavy (non-hydrogen) atoms. The maximum absolute atomic E-state index is 11.8. The normalized spacial score (nSPS) is 14.1. The molecule has 0 bridgehead atoms. The van der Waals surface area contributed by atoms with E-state index in [1.165, 1.54) is 0 Å². The van der Waals surface area contributed by atoms with E-state index < -0.39 is 12.0 Å². The first-order chi connectivity index (χ1) is 9.36. The highest BCUT2D eigenvalue weighted by molar-refractivity contribution is 5.81. The Morgan fingerprint density at radius 3 is 2.35 bits per heavy atom. The van der Waals surface area contributed by atoms with Crippen LogP contribution >= 0.6 is 0 Å². The van der Waals surface area contributed by atoms with Crippen molar-refractivity contribution in [1.29, 1.82) is 0 Å². The summed E-state index contributed by atoms with van der Waals surface area (Å²) in [5, 5.41) is 11.6. The second-order valence-electron chi connectivity index (χ2n) is 5.90. The number of nitrogens with one attached hydrogen (secondary N) is 1. The van der Waals surface area contributed by atoms with Crippen LogP contribution < -0.4 is 11.1 Å². The van der Waals surface area contributed by atoms with Crippen molar-refractivity contribution in [3.63, 3.8) is 0 Å². The zero-order valence-electron chi connectivity index (χ0n) is 13.0. The number of carboxylic acid groups (broad SMARTS) is 1. The monoisotopic (exact) mass is 286 g/mol. The molecule has 0 saturated carbocycles. The fourth-order valence-corrected chi connectivity index (χ4v) is 2.31. The van der Waals surface area contributed by atoms with Crippen molar-refractivity contribution in [2.45, 2.75) is 65.3 Å². The fraction of sp³-hybridized carbons (Fsp3) is 0.867. The Hall–Kier alpha value is -1.10. The van der Waals surface area contributed by atoms with E-state index in [2.05, 4.69) is 12.2 Å². The molecular weight excluding hydrogens is 256 g/mol. The lowest BCUT2D eigenvalue weighted by atomic mass is 9.94. The largest absolute Gasteiger partial charge is 0.481 e. The molecule has 0 fully saturated rings. The second kappa shape index (κ2) is 10.7. The Morgan fingerprint density at radius 1 is 1.20 bits per heavy atom. The summed E-state index contributed by atoms with van der Waals surface area (Å²) in [5.74, 6) is -0.0989. The molecule has 0 saturated heterocycles. The van der Waals surface area contributed by atoms with E-state index in [1.54, 1.807) is 0 Å². The number of aliphatic carboxylic acids is 1. The summed E-state index contributed by atoms with van der Waals surface area (Å²) in [7, 11) is 0. The number of amides is 1. The van der Waals surface area contributed by atoms with Gasteiger partial charge in [0.2, 0.25) is 5.91 Å². The lowest BCUT2D eigenvalue weighted by molar-refractivity contribution is -0.137. The standard InChI is InChI=1S/C15H30N2O3/c1-4-5-12(6-7-14(18)19)8-9-17-15(20)13(16)10-11(2)3/h11-13H,4-10,16H2,1-3H3,(H,17,20)(H,18,19)/t12?,13-/m0/s1. The highest BCUT2D eigenvalue weighted by atomic mass is 16.4. The van der Waals surface area contributed by atoms with Gasteiger partial charge in [0, 0.05) is 13.0 Å². The molecule has 0 aliphatic carbocycles. The first kappa shape index (κ1) is 18.9. The number of carbonyl (C=O) groups is 2. The van der Waals surface area contributed by atoms with E-state index >= 15 is 0 Å². The van der Waals surface area contributed by atoms with Gasteiger partial charge in [0.25, 0.3) is 0 Å². The van der Waals surface area contributed by atoms with Gasteiger partial charge in [-0.1, -0.05) is 33.6 Å². The van der Waals surface area contributed by atoms with Crippen LogP contribution in [0.5, 0.6) is 0 Å². The molecule has 0 heterocycles. The molecule has 0 spiro atoms. The Bertz CT molecular complexity index is 293. The topological polar surface area (TPSA) is 92.4 Å². The molecule has 0 aromatic carbocycles. The van der Waals surface area contributed by atoms with Crippen LogP contribution in [0.15, 0.2) is 0 Å². The lowest BCUT2D eigenvalue weighted by Gasteiger charge is -2.17. The molecule has 4 N–H and O–H groups in total. The van der Waals surface area contributed by atoms with Gasteiger partial charge >= 0.3 is 5.97 Å². The van der Waals surface area contributed by atoms with E-state index in [1.807, 2.05) is 13.8 Å². The van der Waals surface area contributed by atoms with Crippen molar-refractivity contribution in [3.05, 3.63) is 0 Å². The summed E-state index contributed by atoms with van der Waals surface area (Å²) in [5.41, 5.74) is 5.80. The third-order valence-electron chi connectivity index (χ3n) is 3.38. The Morgan fingerprint density at radius 2 is 1.85 bits per heavy atom. The minimum atomic E-state index is -0.755. The SMILES string of the molecule is CCCC(CCNC(=O)[C@@H](N)CC(C)C)CCC(=O)O. The first-order valence-electron chi connectivity index (χ1n) is 7.61. The molecule has 1 amide bonds. The molecule has 1 unspecified atom stereocenters. The summed E-state index contributed by atoms with van der Waals surface area (Å²) in [4.78, 5) is 22.3. The van der Waals surface area contributed by atoms with Crippen molar-refractivity contribution >= 4 is 11.9 Å². The first-order valence-corrected chi connectivity index (χ1v) is 7.61. The maximum atomic E-state index is 11.8. The van der Waals surface area contributed by atoms with Crippen LogP contribution in [0.25, 0.3) is 0 Å². The van der Waals surface area contributed by atoms with Gasteiger partial charge in [-0.05, 0) is 31.1 Å². The van der Waals surface area contributed by atoms with E-state index in [0.717, 1.165) is 19.3 Å². The van der Waals surface area contributed by atoms with Gasteiger partial charge in [0.15, 0.2) is 0 Å². The number of carboxylic acids is 1. The molecule has 0 radical (unpaired) electrons. The summed E-state index contributed by atoms with van der Waals surface area (Å²) in [6.45, 7) is 6.74. The third-order valence-corrected chi connectivity index (χ3v) is 3.38. The predicted molar refractivity (Wildman–Crippen MR) is 80.3 cm³/mol. The summed E-state index contributed by atoms with van der Waals surface area (Å²) < 4.78 is 0. The van der Waals surface area contributed by atoms with Crippen LogP contribution in [0.2, 0.25) is 0 Å². The van der Waals surface area contributed by atoms with Crippen LogP contribution in [0, 0.1) is 11.8 Å². The van der Waals surface area contributed by atoms with Crippen LogP contribution in [-0.2, 0) is 9.59 Å². The highest BCUT2D eigenvalue weighted by Crippen LogP contribution is 2.17. The molecule has 5 heteroatoms. The smallest absolute Gasteiger partial charge is 0.303 e. The molecule has 0 aliphatic heterocycles. The van der Waals surface area contributed by atoms with Crippen LogP contribution in [0.1, 0.15) is 59.3 Å². The van der Waals surface area contributed by atoms with E-state index in [-0.39, 0.29) is 12.3 Å². The third kappa shape index (κ3) is 9.78. The van der Waals surface area contributed by atoms with Gasteiger partial charge in [-0.25, -0.2) is 0 Å². The van der Waals surface area contributed by atoms with E-state index in [9.17, 15) is 9.59 Å². The van der Waals surface area contributed by atoms with Crippen molar-refractivity contribution < 1.29 is 14.7 Å². The van der Waals surface area contributed by atoms with Crippen molar-refractivity contribution in [1.82, 2.24) is 5.32 Å². The number of rotatable bonds is 11. The van der Waals surface area contributed by atoms with Gasteiger partial charge in [-0.2, -0.15) is 0 Å². The average molecular weight is 286 g/mol. The molecule has 0 rings (SSSR count). The maximum Gasteiger partial charge on any atom is 0.303 e. The quantitative estimate of drug-likeness (QED) is 0.542. The van der Waals surface area contributed by atoms with Gasteiger partial charge < -0.3 is 16.2 Å². The lowest BCUT2D eigenvalue weighted by Crippen LogP contribution is -2.42. The fourth-order valence-electron chi connectivity index (χ4n) is 2.31. The molecular formula is C15H30N2O3. The Labute approximate surface area is 122 Å². The van der Waals surface area contributed by atoms with Crippen molar-refractivity contribution in [2.75, 3.05) is 6.54 Å². The van der Waals surface area contributed by atoms with Crippen LogP contribution in [-0.4, -0.2) is 29.6 Å². The minimum absolute atomic E-state index is 0.104. The van der Waals surface area contributed by atoms with E-state index in [4.69, 9.17) is 10.8 Å². The molecule has 2 atom stereocenters. The number of carbonyl (C=O) groups excluding carboxylic acids is 1. The molecule has 118 valence electrons. The summed E-state index contributed by atoms with van der Waals surface area (Å²) >= 11 is 0. The zero-order valence-corrected chi connectivity index (χ0v) is 13.0. The van der Waals surface area contributed by atoms with E-state index in [0.29, 0.717) is 31.2 Å². The van der Waals surface area contributed by atoms with Gasteiger partial charge in [-0.15, -0.1) is 0 Å². The van der Waals surface area contributed by atoms with Gasteiger partial charge in [0.05, 0.1) is 6.04 Å². The minimum Gasteiger partial charge on any atom is -0.481 e. The molecule has 0 aromatic heterocycles. The van der Waals surface area contributed by atoms with Crippen LogP contribution in [0.4, 0.5) is 0 Å². The van der Waals surface area contributed by atoms with Crippen molar-refractivity contribution in [2.24, 2.45) is 17.6 Å². The summed E-state index contributed by atoms with van der Waals surface area (Å²) in [6.07, 6.45) is 4.42. The predicted octanol–water partition coefficient (Wildman–Crippen LogP) is 2.15. The molecule has 0 aliphatic rings. The number of nitrogens with two attached hydrogens (primary N) is 1. The second-order valence-corrected chi connectivity index (χ2v) is 5.90. The number of hydrogen-bond acceptors (Lipinski definition) is 3. The Kier molecular flexibility index (Phi) is 10.1. The molecule has 0 aromatic rings. The number of hydrogen-bond donors (Lipinski definition) is 3. The zero-order chi connectivity index (χ0) is 15.5. The van der Waals surface area contributed by atoms with Crippen molar-refractivity contribution in [3.8, 4) is 0 Å². The Balaban J connectivity index is 3.97. The average Bonchev–Trinajstić information content (AvgIpc) is 2.34. The van der Waals surface area contributed by atoms with Crippen LogP contribution in [0.3, 0.4) is 0 Å². The molecule has 5 nitrogen and oxygen atoms in total. The van der Waals surface area contributed by atoms with Gasteiger partial charge in [-0.3, -0.25) is 9.59 Å². The van der Waals surface area contributed by atoms with Gasteiger partial charge in [0.1, 0.15) is 0 Å².